The number of hydrogen-bond donors (Lipinski definition) is 1. The Labute approximate surface area is 150 Å². The number of anilines is 1. The van der Waals surface area contributed by atoms with E-state index < -0.39 is 23.2 Å². The number of halogens is 4. The highest BCUT2D eigenvalue weighted by Gasteiger charge is 2.34. The lowest BCUT2D eigenvalue weighted by molar-refractivity contribution is -0.137. The van der Waals surface area contributed by atoms with Gasteiger partial charge < -0.3 is 0 Å². The topological polar surface area (TPSA) is 42.0 Å². The highest BCUT2D eigenvalue weighted by Crippen LogP contribution is 2.33. The zero-order chi connectivity index (χ0) is 18.0. The van der Waals surface area contributed by atoms with Gasteiger partial charge in [0.05, 0.1) is 16.8 Å². The summed E-state index contributed by atoms with van der Waals surface area (Å²) in [5, 5.41) is 4.76. The van der Waals surface area contributed by atoms with Gasteiger partial charge in [0.25, 0.3) is 5.91 Å². The van der Waals surface area contributed by atoms with Gasteiger partial charge in [-0.15, -0.1) is 11.3 Å². The highest BCUT2D eigenvalue weighted by molar-refractivity contribution is 7.14. The highest BCUT2D eigenvalue weighted by atomic mass is 35.5. The molecule has 0 unspecified atom stereocenters. The Hall–Kier alpha value is -2.38. The van der Waals surface area contributed by atoms with Crippen molar-refractivity contribution in [1.29, 1.82) is 0 Å². The summed E-state index contributed by atoms with van der Waals surface area (Å²) in [4.78, 5) is 16.4. The molecule has 3 nitrogen and oxygen atoms in total. The number of amides is 1. The lowest BCUT2D eigenvalue weighted by Gasteiger charge is -2.11. The first kappa shape index (κ1) is 17.4. The summed E-state index contributed by atoms with van der Waals surface area (Å²) >= 11 is 7.20. The van der Waals surface area contributed by atoms with Crippen LogP contribution in [0.2, 0.25) is 5.02 Å². The van der Waals surface area contributed by atoms with Crippen molar-refractivity contribution in [3.63, 3.8) is 0 Å². The van der Waals surface area contributed by atoms with Gasteiger partial charge in [0.2, 0.25) is 0 Å². The van der Waals surface area contributed by atoms with Gasteiger partial charge in [-0.3, -0.25) is 10.1 Å². The molecule has 8 heteroatoms. The molecule has 1 N–H and O–H groups in total. The number of hydrogen-bond acceptors (Lipinski definition) is 3. The molecule has 128 valence electrons. The molecule has 1 amide bonds. The molecule has 0 bridgehead atoms. The number of carbonyl (C=O) groups is 1. The van der Waals surface area contributed by atoms with E-state index >= 15 is 0 Å². The Morgan fingerprint density at radius 1 is 1.08 bits per heavy atom. The molecular formula is C17H10ClF3N2OS. The molecule has 3 aromatic rings. The molecule has 3 rings (SSSR count). The van der Waals surface area contributed by atoms with Crippen LogP contribution in [0.1, 0.15) is 15.9 Å². The van der Waals surface area contributed by atoms with Gasteiger partial charge >= 0.3 is 6.18 Å². The monoisotopic (exact) mass is 382 g/mol. The van der Waals surface area contributed by atoms with Crippen LogP contribution in [0.15, 0.2) is 53.9 Å². The maximum absolute atomic E-state index is 13.0. The van der Waals surface area contributed by atoms with Crippen LogP contribution in [-0.2, 0) is 6.18 Å². The molecule has 0 aliphatic heterocycles. The first-order chi connectivity index (χ1) is 11.9. The zero-order valence-corrected chi connectivity index (χ0v) is 14.0. The minimum Gasteiger partial charge on any atom is -0.298 e. The smallest absolute Gasteiger partial charge is 0.298 e. The van der Waals surface area contributed by atoms with Gasteiger partial charge in [-0.05, 0) is 18.2 Å². The third-order valence-corrected chi connectivity index (χ3v) is 4.44. The van der Waals surface area contributed by atoms with Crippen molar-refractivity contribution in [1.82, 2.24) is 4.98 Å². The molecule has 0 atom stereocenters. The Morgan fingerprint density at radius 2 is 1.76 bits per heavy atom. The molecule has 2 aromatic carbocycles. The molecule has 0 saturated carbocycles. The Balaban J connectivity index is 1.85. The summed E-state index contributed by atoms with van der Waals surface area (Å²) in [6, 6.07) is 11.6. The van der Waals surface area contributed by atoms with Crippen molar-refractivity contribution in [3.8, 4) is 11.3 Å². The van der Waals surface area contributed by atoms with Gasteiger partial charge in [-0.2, -0.15) is 13.2 Å². The summed E-state index contributed by atoms with van der Waals surface area (Å²) in [7, 11) is 0. The van der Waals surface area contributed by atoms with Crippen molar-refractivity contribution in [2.24, 2.45) is 0 Å². The summed E-state index contributed by atoms with van der Waals surface area (Å²) < 4.78 is 39.0. The van der Waals surface area contributed by atoms with Crippen LogP contribution in [0.5, 0.6) is 0 Å². The van der Waals surface area contributed by atoms with E-state index in [2.05, 4.69) is 10.3 Å². The quantitative estimate of drug-likeness (QED) is 0.628. The van der Waals surface area contributed by atoms with E-state index in [4.69, 9.17) is 11.6 Å². The van der Waals surface area contributed by atoms with E-state index in [0.29, 0.717) is 16.3 Å². The van der Waals surface area contributed by atoms with Crippen LogP contribution in [0.3, 0.4) is 0 Å². The molecule has 0 aliphatic carbocycles. The second-order valence-electron chi connectivity index (χ2n) is 5.02. The molecule has 1 aromatic heterocycles. The lowest BCUT2D eigenvalue weighted by Crippen LogP contribution is -2.18. The first-order valence-corrected chi connectivity index (χ1v) is 8.30. The van der Waals surface area contributed by atoms with Crippen molar-refractivity contribution < 1.29 is 18.0 Å². The lowest BCUT2D eigenvalue weighted by atomic mass is 10.1. The van der Waals surface area contributed by atoms with Gasteiger partial charge in [0.15, 0.2) is 5.13 Å². The standard InChI is InChI=1S/C17H10ClF3N2OS/c18-13-8-4-2-6-11(13)14-9-25-16(22-14)23-15(24)10-5-1-3-7-12(10)17(19,20)21/h1-9H,(H,22,23,24). The number of nitrogens with one attached hydrogen (secondary N) is 1. The van der Waals surface area contributed by atoms with Crippen molar-refractivity contribution in [3.05, 3.63) is 70.1 Å². The van der Waals surface area contributed by atoms with E-state index in [1.165, 1.54) is 12.1 Å². The molecule has 0 spiro atoms. The third kappa shape index (κ3) is 3.83. The van der Waals surface area contributed by atoms with E-state index in [1.807, 2.05) is 0 Å². The zero-order valence-electron chi connectivity index (χ0n) is 12.5. The minimum absolute atomic E-state index is 0.192. The molecule has 0 saturated heterocycles. The van der Waals surface area contributed by atoms with Gasteiger partial charge in [-0.1, -0.05) is 41.9 Å². The number of alkyl halides is 3. The Kier molecular flexibility index (Phi) is 4.78. The summed E-state index contributed by atoms with van der Waals surface area (Å²) in [5.41, 5.74) is -0.230. The van der Waals surface area contributed by atoms with E-state index in [1.54, 1.807) is 29.6 Å². The fourth-order valence-corrected chi connectivity index (χ4v) is 3.15. The van der Waals surface area contributed by atoms with Crippen molar-refractivity contribution in [2.45, 2.75) is 6.18 Å². The SMILES string of the molecule is O=C(Nc1nc(-c2ccccc2Cl)cs1)c1ccccc1C(F)(F)F. The maximum Gasteiger partial charge on any atom is 0.417 e. The van der Waals surface area contributed by atoms with Gasteiger partial charge in [0.1, 0.15) is 0 Å². The molecule has 0 aliphatic rings. The second-order valence-corrected chi connectivity index (χ2v) is 6.28. The van der Waals surface area contributed by atoms with Gasteiger partial charge in [-0.25, -0.2) is 4.98 Å². The van der Waals surface area contributed by atoms with Crippen LogP contribution in [0.25, 0.3) is 11.3 Å². The summed E-state index contributed by atoms with van der Waals surface area (Å²) in [5.74, 6) is -0.868. The summed E-state index contributed by atoms with van der Waals surface area (Å²) in [6.07, 6.45) is -4.61. The van der Waals surface area contributed by atoms with Gasteiger partial charge in [0, 0.05) is 16.0 Å². The molecule has 0 radical (unpaired) electrons. The fraction of sp³-hybridized carbons (Fsp3) is 0.0588. The molecule has 25 heavy (non-hydrogen) atoms. The predicted octanol–water partition coefficient (Wildman–Crippen LogP) is 5.73. The van der Waals surface area contributed by atoms with Crippen molar-refractivity contribution in [2.75, 3.05) is 5.32 Å². The number of benzene rings is 2. The Morgan fingerprint density at radius 3 is 2.48 bits per heavy atom. The fourth-order valence-electron chi connectivity index (χ4n) is 2.22. The maximum atomic E-state index is 13.0. The number of nitrogens with zero attached hydrogens (tertiary/aromatic N) is 1. The molecular weight excluding hydrogens is 373 g/mol. The van der Waals surface area contributed by atoms with Crippen LogP contribution in [-0.4, -0.2) is 10.9 Å². The number of aromatic nitrogens is 1. The second kappa shape index (κ2) is 6.85. The van der Waals surface area contributed by atoms with Crippen molar-refractivity contribution >= 4 is 34.0 Å². The average Bonchev–Trinajstić information content (AvgIpc) is 3.02. The summed E-state index contributed by atoms with van der Waals surface area (Å²) in [6.45, 7) is 0. The van der Waals surface area contributed by atoms with E-state index in [9.17, 15) is 18.0 Å². The number of carbonyl (C=O) groups excluding carboxylic acids is 1. The predicted molar refractivity (Wildman–Crippen MR) is 92.0 cm³/mol. The van der Waals surface area contributed by atoms with Crippen LogP contribution in [0.4, 0.5) is 18.3 Å². The van der Waals surface area contributed by atoms with E-state index in [0.717, 1.165) is 23.5 Å². The van der Waals surface area contributed by atoms with Crippen LogP contribution < -0.4 is 5.32 Å². The number of thiazole rings is 1. The number of rotatable bonds is 3. The largest absolute Gasteiger partial charge is 0.417 e. The molecule has 1 heterocycles. The third-order valence-electron chi connectivity index (χ3n) is 3.35. The molecule has 0 fully saturated rings. The Bertz CT molecular complexity index is 924. The first-order valence-electron chi connectivity index (χ1n) is 7.04. The van der Waals surface area contributed by atoms with Crippen LogP contribution in [0, 0.1) is 0 Å². The average molecular weight is 383 g/mol. The minimum atomic E-state index is -4.61. The normalized spacial score (nSPS) is 11.4. The van der Waals surface area contributed by atoms with E-state index in [-0.39, 0.29) is 5.13 Å². The van der Waals surface area contributed by atoms with Crippen LogP contribution >= 0.6 is 22.9 Å².